The Morgan fingerprint density at radius 2 is 2.25 bits per heavy atom. The summed E-state index contributed by atoms with van der Waals surface area (Å²) in [5.41, 5.74) is 2.69. The Kier molecular flexibility index (Phi) is 4.45. The van der Waals surface area contributed by atoms with E-state index in [0.29, 0.717) is 0 Å². The molecule has 1 N–H and O–H groups in total. The first-order valence-electron chi connectivity index (χ1n) is 6.76. The van der Waals surface area contributed by atoms with E-state index in [1.165, 1.54) is 0 Å². The third kappa shape index (κ3) is 3.20. The predicted molar refractivity (Wildman–Crippen MR) is 76.6 cm³/mol. The molecule has 0 fully saturated rings. The average Bonchev–Trinajstić information content (AvgIpc) is 2.93. The number of anilines is 1. The summed E-state index contributed by atoms with van der Waals surface area (Å²) in [6, 6.07) is 5.68. The number of tetrazole rings is 1. The van der Waals surface area contributed by atoms with E-state index < -0.39 is 0 Å². The fraction of sp³-hybridized carbons (Fsp3) is 0.429. The van der Waals surface area contributed by atoms with Gasteiger partial charge in [-0.2, -0.15) is 0 Å². The molecule has 6 nitrogen and oxygen atoms in total. The third-order valence-corrected chi connectivity index (χ3v) is 3.23. The molecule has 0 aliphatic rings. The second kappa shape index (κ2) is 6.27. The molecule has 2 aromatic rings. The fourth-order valence-corrected chi connectivity index (χ4v) is 2.09. The maximum atomic E-state index is 12.0. The molecular weight excluding hydrogens is 254 g/mol. The minimum atomic E-state index is 0.0273. The number of nitrogens with one attached hydrogen (secondary N) is 1. The van der Waals surface area contributed by atoms with Gasteiger partial charge in [0.25, 0.3) is 0 Å². The summed E-state index contributed by atoms with van der Waals surface area (Å²) in [5.74, 6) is 0.0842. The Morgan fingerprint density at radius 3 is 2.85 bits per heavy atom. The SMILES string of the molecule is CCCC(C)C(=O)Nc1ccc(-n2cnnn2)c(C)c1. The lowest BCUT2D eigenvalue weighted by Gasteiger charge is -2.12. The van der Waals surface area contributed by atoms with Gasteiger partial charge >= 0.3 is 0 Å². The van der Waals surface area contributed by atoms with Crippen LogP contribution in [-0.4, -0.2) is 26.1 Å². The van der Waals surface area contributed by atoms with Crippen molar-refractivity contribution in [3.05, 3.63) is 30.1 Å². The smallest absolute Gasteiger partial charge is 0.227 e. The van der Waals surface area contributed by atoms with E-state index in [1.54, 1.807) is 11.0 Å². The van der Waals surface area contributed by atoms with Crippen molar-refractivity contribution in [1.29, 1.82) is 0 Å². The number of carbonyl (C=O) groups excluding carboxylic acids is 1. The fourth-order valence-electron chi connectivity index (χ4n) is 2.09. The average molecular weight is 273 g/mol. The first-order chi connectivity index (χ1) is 9.61. The predicted octanol–water partition coefficient (Wildman–Crippen LogP) is 2.35. The Morgan fingerprint density at radius 1 is 1.45 bits per heavy atom. The second-order valence-electron chi connectivity index (χ2n) is 4.93. The molecule has 106 valence electrons. The minimum absolute atomic E-state index is 0.0273. The number of aryl methyl sites for hydroxylation is 1. The van der Waals surface area contributed by atoms with Crippen molar-refractivity contribution >= 4 is 11.6 Å². The third-order valence-electron chi connectivity index (χ3n) is 3.23. The highest BCUT2D eigenvalue weighted by Crippen LogP contribution is 2.19. The van der Waals surface area contributed by atoms with Crippen molar-refractivity contribution in [2.75, 3.05) is 5.32 Å². The molecule has 0 saturated carbocycles. The van der Waals surface area contributed by atoms with Crippen LogP contribution in [0, 0.1) is 12.8 Å². The van der Waals surface area contributed by atoms with Crippen LogP contribution in [0.2, 0.25) is 0 Å². The standard InChI is InChI=1S/C14H19N5O/c1-4-5-10(2)14(20)16-12-6-7-13(11(3)8-12)19-9-15-17-18-19/h6-10H,4-5H2,1-3H3,(H,16,20). The number of hydrogen-bond donors (Lipinski definition) is 1. The zero-order valence-corrected chi connectivity index (χ0v) is 12.0. The molecule has 0 radical (unpaired) electrons. The van der Waals surface area contributed by atoms with E-state index in [-0.39, 0.29) is 11.8 Å². The first-order valence-corrected chi connectivity index (χ1v) is 6.76. The summed E-state index contributed by atoms with van der Waals surface area (Å²) in [6.45, 7) is 5.98. The minimum Gasteiger partial charge on any atom is -0.326 e. The summed E-state index contributed by atoms with van der Waals surface area (Å²) >= 11 is 0. The van der Waals surface area contributed by atoms with Gasteiger partial charge in [-0.3, -0.25) is 4.79 Å². The summed E-state index contributed by atoms with van der Waals surface area (Å²) in [5, 5.41) is 14.0. The van der Waals surface area contributed by atoms with Crippen molar-refractivity contribution in [3.8, 4) is 5.69 Å². The lowest BCUT2D eigenvalue weighted by Crippen LogP contribution is -2.20. The van der Waals surface area contributed by atoms with Gasteiger partial charge in [0.05, 0.1) is 5.69 Å². The molecular formula is C14H19N5O. The van der Waals surface area contributed by atoms with Crippen molar-refractivity contribution in [2.45, 2.75) is 33.6 Å². The van der Waals surface area contributed by atoms with Crippen LogP contribution in [0.4, 0.5) is 5.69 Å². The molecule has 0 aliphatic carbocycles. The monoisotopic (exact) mass is 273 g/mol. The molecule has 0 saturated heterocycles. The second-order valence-corrected chi connectivity index (χ2v) is 4.93. The number of nitrogens with zero attached hydrogens (tertiary/aromatic N) is 4. The van der Waals surface area contributed by atoms with Crippen molar-refractivity contribution in [1.82, 2.24) is 20.2 Å². The van der Waals surface area contributed by atoms with Gasteiger partial charge in [0, 0.05) is 11.6 Å². The molecule has 1 heterocycles. The summed E-state index contributed by atoms with van der Waals surface area (Å²) < 4.78 is 1.60. The Hall–Kier alpha value is -2.24. The highest BCUT2D eigenvalue weighted by atomic mass is 16.1. The summed E-state index contributed by atoms with van der Waals surface area (Å²) in [7, 11) is 0. The zero-order chi connectivity index (χ0) is 14.5. The molecule has 0 aliphatic heterocycles. The zero-order valence-electron chi connectivity index (χ0n) is 12.0. The van der Waals surface area contributed by atoms with Crippen LogP contribution in [0.5, 0.6) is 0 Å². The molecule has 0 bridgehead atoms. The topological polar surface area (TPSA) is 72.7 Å². The van der Waals surface area contributed by atoms with E-state index in [1.807, 2.05) is 32.0 Å². The number of hydrogen-bond acceptors (Lipinski definition) is 4. The van der Waals surface area contributed by atoms with Gasteiger partial charge in [0.15, 0.2) is 0 Å². The van der Waals surface area contributed by atoms with Crippen LogP contribution in [0.3, 0.4) is 0 Å². The highest BCUT2D eigenvalue weighted by Gasteiger charge is 2.12. The number of rotatable bonds is 5. The van der Waals surface area contributed by atoms with Gasteiger partial charge in [0.1, 0.15) is 6.33 Å². The molecule has 1 atom stereocenters. The quantitative estimate of drug-likeness (QED) is 0.907. The van der Waals surface area contributed by atoms with Gasteiger partial charge in [-0.1, -0.05) is 20.3 Å². The van der Waals surface area contributed by atoms with Crippen LogP contribution in [0.1, 0.15) is 32.3 Å². The normalized spacial score (nSPS) is 12.2. The van der Waals surface area contributed by atoms with E-state index in [9.17, 15) is 4.79 Å². The Balaban J connectivity index is 2.12. The molecule has 1 aromatic carbocycles. The molecule has 0 spiro atoms. The van der Waals surface area contributed by atoms with Gasteiger partial charge in [-0.05, 0) is 47.5 Å². The number of carbonyl (C=O) groups is 1. The first kappa shape index (κ1) is 14.2. The maximum Gasteiger partial charge on any atom is 0.227 e. The molecule has 1 aromatic heterocycles. The van der Waals surface area contributed by atoms with Crippen molar-refractivity contribution in [2.24, 2.45) is 5.92 Å². The van der Waals surface area contributed by atoms with Crippen LogP contribution in [0.15, 0.2) is 24.5 Å². The van der Waals surface area contributed by atoms with E-state index in [0.717, 1.165) is 29.8 Å². The Bertz CT molecular complexity index is 579. The van der Waals surface area contributed by atoms with Crippen LogP contribution >= 0.6 is 0 Å². The van der Waals surface area contributed by atoms with Gasteiger partial charge < -0.3 is 5.32 Å². The lowest BCUT2D eigenvalue weighted by atomic mass is 10.1. The molecule has 2 rings (SSSR count). The van der Waals surface area contributed by atoms with Gasteiger partial charge in [-0.15, -0.1) is 5.10 Å². The lowest BCUT2D eigenvalue weighted by molar-refractivity contribution is -0.119. The summed E-state index contributed by atoms with van der Waals surface area (Å²) in [6.07, 6.45) is 3.45. The summed E-state index contributed by atoms with van der Waals surface area (Å²) in [4.78, 5) is 12.0. The van der Waals surface area contributed by atoms with Gasteiger partial charge in [-0.25, -0.2) is 4.68 Å². The van der Waals surface area contributed by atoms with Gasteiger partial charge in [0.2, 0.25) is 5.91 Å². The Labute approximate surface area is 118 Å². The molecule has 1 unspecified atom stereocenters. The molecule has 6 heteroatoms. The van der Waals surface area contributed by atoms with E-state index in [2.05, 4.69) is 27.8 Å². The van der Waals surface area contributed by atoms with Crippen molar-refractivity contribution < 1.29 is 4.79 Å². The van der Waals surface area contributed by atoms with Crippen LogP contribution in [-0.2, 0) is 4.79 Å². The largest absolute Gasteiger partial charge is 0.326 e. The maximum absolute atomic E-state index is 12.0. The molecule has 20 heavy (non-hydrogen) atoms. The number of aromatic nitrogens is 4. The van der Waals surface area contributed by atoms with Crippen LogP contribution < -0.4 is 5.32 Å². The highest BCUT2D eigenvalue weighted by molar-refractivity contribution is 5.92. The number of amides is 1. The van der Waals surface area contributed by atoms with E-state index in [4.69, 9.17) is 0 Å². The van der Waals surface area contributed by atoms with Crippen molar-refractivity contribution in [3.63, 3.8) is 0 Å². The van der Waals surface area contributed by atoms with Crippen LogP contribution in [0.25, 0.3) is 5.69 Å². The molecule has 1 amide bonds. The number of benzene rings is 1. The van der Waals surface area contributed by atoms with E-state index >= 15 is 0 Å².